The lowest BCUT2D eigenvalue weighted by Crippen LogP contribution is -2.37. The molecule has 1 aromatic rings. The van der Waals surface area contributed by atoms with Crippen LogP contribution in [0.4, 0.5) is 4.39 Å². The van der Waals surface area contributed by atoms with Crippen molar-refractivity contribution in [2.45, 2.75) is 12.5 Å². The van der Waals surface area contributed by atoms with Crippen molar-refractivity contribution in [2.75, 3.05) is 18.6 Å². The van der Waals surface area contributed by atoms with Crippen molar-refractivity contribution in [3.05, 3.63) is 35.6 Å². The van der Waals surface area contributed by atoms with Crippen molar-refractivity contribution in [3.8, 4) is 0 Å². The molecule has 0 bridgehead atoms. The third kappa shape index (κ3) is 4.36. The van der Waals surface area contributed by atoms with Gasteiger partial charge in [-0.15, -0.1) is 0 Å². The van der Waals surface area contributed by atoms with E-state index in [9.17, 15) is 9.18 Å². The van der Waals surface area contributed by atoms with Crippen LogP contribution in [-0.4, -0.2) is 35.7 Å². The molecule has 0 aliphatic heterocycles. The number of halogens is 1. The summed E-state index contributed by atoms with van der Waals surface area (Å²) in [5.74, 6) is -0.270. The van der Waals surface area contributed by atoms with Crippen LogP contribution in [0.1, 0.15) is 16.8 Å². The maximum Gasteiger partial charge on any atom is 0.254 e. The predicted octanol–water partition coefficient (Wildman–Crippen LogP) is 1.67. The average molecular weight is 257 g/mol. The van der Waals surface area contributed by atoms with Crippen molar-refractivity contribution in [3.63, 3.8) is 0 Å². The highest BCUT2D eigenvalue weighted by Gasteiger charge is 2.15. The van der Waals surface area contributed by atoms with Gasteiger partial charge in [0.15, 0.2) is 0 Å². The van der Waals surface area contributed by atoms with Gasteiger partial charge < -0.3 is 10.4 Å². The van der Waals surface area contributed by atoms with Crippen LogP contribution in [0, 0.1) is 5.82 Å². The fraction of sp³-hybridized carbons (Fsp3) is 0.417. The van der Waals surface area contributed by atoms with E-state index in [1.54, 1.807) is 23.9 Å². The SMILES string of the molecule is CSCC(CCO)NC(=O)c1ccccc1F. The number of amides is 1. The Balaban J connectivity index is 2.67. The third-order valence-corrected chi connectivity index (χ3v) is 3.03. The van der Waals surface area contributed by atoms with Crippen molar-refractivity contribution >= 4 is 17.7 Å². The van der Waals surface area contributed by atoms with Crippen LogP contribution < -0.4 is 5.32 Å². The highest BCUT2D eigenvalue weighted by molar-refractivity contribution is 7.98. The first-order valence-electron chi connectivity index (χ1n) is 5.34. The Hall–Kier alpha value is -1.07. The normalized spacial score (nSPS) is 12.2. The molecule has 0 saturated heterocycles. The summed E-state index contributed by atoms with van der Waals surface area (Å²) in [7, 11) is 0. The van der Waals surface area contributed by atoms with Gasteiger partial charge in [0.25, 0.3) is 5.91 Å². The highest BCUT2D eigenvalue weighted by Crippen LogP contribution is 2.08. The smallest absolute Gasteiger partial charge is 0.254 e. The van der Waals surface area contributed by atoms with Crippen molar-refractivity contribution < 1.29 is 14.3 Å². The molecule has 1 unspecified atom stereocenters. The van der Waals surface area contributed by atoms with E-state index in [-0.39, 0.29) is 18.2 Å². The molecule has 0 radical (unpaired) electrons. The largest absolute Gasteiger partial charge is 0.396 e. The Morgan fingerprint density at radius 1 is 1.53 bits per heavy atom. The van der Waals surface area contributed by atoms with Gasteiger partial charge in [-0.25, -0.2) is 4.39 Å². The molecule has 0 aliphatic rings. The molecule has 1 atom stereocenters. The summed E-state index contributed by atoms with van der Waals surface area (Å²) in [6.07, 6.45) is 2.39. The van der Waals surface area contributed by atoms with Gasteiger partial charge in [0, 0.05) is 18.4 Å². The summed E-state index contributed by atoms with van der Waals surface area (Å²) in [6, 6.07) is 5.72. The predicted molar refractivity (Wildman–Crippen MR) is 67.7 cm³/mol. The number of rotatable bonds is 6. The number of thioether (sulfide) groups is 1. The van der Waals surface area contributed by atoms with Gasteiger partial charge in [-0.2, -0.15) is 11.8 Å². The van der Waals surface area contributed by atoms with Crippen LogP contribution >= 0.6 is 11.8 Å². The summed E-state index contributed by atoms with van der Waals surface area (Å²) >= 11 is 1.57. The molecule has 2 N–H and O–H groups in total. The second kappa shape index (κ2) is 7.29. The maximum absolute atomic E-state index is 13.3. The number of nitrogens with one attached hydrogen (secondary N) is 1. The average Bonchev–Trinajstić information content (AvgIpc) is 2.30. The van der Waals surface area contributed by atoms with Gasteiger partial charge in [-0.3, -0.25) is 4.79 Å². The maximum atomic E-state index is 13.3. The second-order valence-corrected chi connectivity index (χ2v) is 4.53. The zero-order valence-electron chi connectivity index (χ0n) is 9.65. The van der Waals surface area contributed by atoms with Crippen LogP contribution in [0.15, 0.2) is 24.3 Å². The van der Waals surface area contributed by atoms with Crippen molar-refractivity contribution in [1.29, 1.82) is 0 Å². The first kappa shape index (κ1) is 14.0. The third-order valence-electron chi connectivity index (χ3n) is 2.30. The first-order chi connectivity index (χ1) is 8.19. The Bertz CT molecular complexity index is 367. The van der Waals surface area contributed by atoms with E-state index in [0.717, 1.165) is 0 Å². The summed E-state index contributed by atoms with van der Waals surface area (Å²) in [6.45, 7) is 0.00276. The summed E-state index contributed by atoms with van der Waals surface area (Å²) in [5.41, 5.74) is 0.0385. The van der Waals surface area contributed by atoms with E-state index in [0.29, 0.717) is 12.2 Å². The molecule has 1 amide bonds. The highest BCUT2D eigenvalue weighted by atomic mass is 32.2. The van der Waals surface area contributed by atoms with Gasteiger partial charge >= 0.3 is 0 Å². The molecular formula is C12H16FNO2S. The van der Waals surface area contributed by atoms with E-state index >= 15 is 0 Å². The molecule has 1 aromatic carbocycles. The zero-order chi connectivity index (χ0) is 12.7. The van der Waals surface area contributed by atoms with Crippen LogP contribution in [0.5, 0.6) is 0 Å². The van der Waals surface area contributed by atoms with Crippen LogP contribution in [-0.2, 0) is 0 Å². The van der Waals surface area contributed by atoms with Gasteiger partial charge in [0.1, 0.15) is 5.82 Å². The Morgan fingerprint density at radius 3 is 2.82 bits per heavy atom. The first-order valence-corrected chi connectivity index (χ1v) is 6.73. The zero-order valence-corrected chi connectivity index (χ0v) is 10.5. The van der Waals surface area contributed by atoms with E-state index in [2.05, 4.69) is 5.32 Å². The number of aliphatic hydroxyl groups excluding tert-OH is 1. The number of carbonyl (C=O) groups is 1. The lowest BCUT2D eigenvalue weighted by atomic mass is 10.1. The van der Waals surface area contributed by atoms with Crippen LogP contribution in [0.3, 0.4) is 0 Å². The van der Waals surface area contributed by atoms with Gasteiger partial charge in [-0.1, -0.05) is 12.1 Å². The topological polar surface area (TPSA) is 49.3 Å². The number of hydrogen-bond donors (Lipinski definition) is 2. The number of carbonyl (C=O) groups excluding carboxylic acids is 1. The van der Waals surface area contributed by atoms with Crippen molar-refractivity contribution in [2.24, 2.45) is 0 Å². The van der Waals surface area contributed by atoms with E-state index < -0.39 is 11.7 Å². The fourth-order valence-electron chi connectivity index (χ4n) is 1.46. The van der Waals surface area contributed by atoms with Gasteiger partial charge in [-0.05, 0) is 24.8 Å². The minimum Gasteiger partial charge on any atom is -0.396 e. The molecule has 0 heterocycles. The molecule has 1 rings (SSSR count). The van der Waals surface area contributed by atoms with Crippen LogP contribution in [0.25, 0.3) is 0 Å². The molecular weight excluding hydrogens is 241 g/mol. The van der Waals surface area contributed by atoms with E-state index in [4.69, 9.17) is 5.11 Å². The van der Waals surface area contributed by atoms with Crippen LogP contribution in [0.2, 0.25) is 0 Å². The van der Waals surface area contributed by atoms with E-state index in [1.807, 2.05) is 6.26 Å². The van der Waals surface area contributed by atoms with Gasteiger partial charge in [0.05, 0.1) is 5.56 Å². The standard InChI is InChI=1S/C12H16FNO2S/c1-17-8-9(6-7-15)14-12(16)10-4-2-3-5-11(10)13/h2-5,9,15H,6-8H2,1H3,(H,14,16). The van der Waals surface area contributed by atoms with E-state index in [1.165, 1.54) is 12.1 Å². The molecule has 3 nitrogen and oxygen atoms in total. The lowest BCUT2D eigenvalue weighted by molar-refractivity contribution is 0.0931. The Labute approximate surface area is 104 Å². The summed E-state index contributed by atoms with van der Waals surface area (Å²) in [4.78, 5) is 11.8. The summed E-state index contributed by atoms with van der Waals surface area (Å²) in [5, 5.41) is 11.6. The molecule has 17 heavy (non-hydrogen) atoms. The second-order valence-electron chi connectivity index (χ2n) is 3.62. The lowest BCUT2D eigenvalue weighted by Gasteiger charge is -2.16. The Kier molecular flexibility index (Phi) is 6.00. The fourth-order valence-corrected chi connectivity index (χ4v) is 2.12. The quantitative estimate of drug-likeness (QED) is 0.815. The molecule has 5 heteroatoms. The molecule has 0 aromatic heterocycles. The monoisotopic (exact) mass is 257 g/mol. The minimum absolute atomic E-state index is 0.00276. The molecule has 94 valence electrons. The van der Waals surface area contributed by atoms with Gasteiger partial charge in [0.2, 0.25) is 0 Å². The number of benzene rings is 1. The molecule has 0 spiro atoms. The molecule has 0 aliphatic carbocycles. The Morgan fingerprint density at radius 2 is 2.24 bits per heavy atom. The molecule has 0 fully saturated rings. The van der Waals surface area contributed by atoms with Crippen molar-refractivity contribution in [1.82, 2.24) is 5.32 Å². The summed E-state index contributed by atoms with van der Waals surface area (Å²) < 4.78 is 13.3. The minimum atomic E-state index is -0.531. The number of aliphatic hydroxyl groups is 1. The number of hydrogen-bond acceptors (Lipinski definition) is 3. The molecule has 0 saturated carbocycles.